The second kappa shape index (κ2) is 5.60. The highest BCUT2D eigenvalue weighted by Crippen LogP contribution is 2.14. The molecule has 0 saturated heterocycles. The molecule has 0 unspecified atom stereocenters. The average molecular weight is 295 g/mol. The lowest BCUT2D eigenvalue weighted by atomic mass is 10.2. The molecule has 19 heavy (non-hydrogen) atoms. The zero-order valence-electron chi connectivity index (χ0n) is 10.2. The van der Waals surface area contributed by atoms with Gasteiger partial charge in [-0.2, -0.15) is 0 Å². The number of amides is 1. The average Bonchev–Trinajstić information content (AvgIpc) is 2.31. The zero-order chi connectivity index (χ0) is 14.8. The molecule has 0 aliphatic carbocycles. The highest BCUT2D eigenvalue weighted by Gasteiger charge is 2.24. The quantitative estimate of drug-likeness (QED) is 0.864. The van der Waals surface area contributed by atoms with Gasteiger partial charge in [0.25, 0.3) is 5.91 Å². The van der Waals surface area contributed by atoms with Crippen molar-refractivity contribution in [2.24, 2.45) is 0 Å². The highest BCUT2D eigenvalue weighted by atomic mass is 32.2. The third-order valence-corrected chi connectivity index (χ3v) is 4.46. The third kappa shape index (κ3) is 3.46. The number of benzene rings is 1. The summed E-state index contributed by atoms with van der Waals surface area (Å²) in [7, 11) is -3.98. The van der Waals surface area contributed by atoms with Crippen molar-refractivity contribution in [2.75, 3.05) is 0 Å². The molecule has 1 rings (SSSR count). The molecule has 1 N–H and O–H groups in total. The highest BCUT2D eigenvalue weighted by molar-refractivity contribution is 7.90. The lowest BCUT2D eigenvalue weighted by Crippen LogP contribution is -2.37. The molecule has 8 heteroatoms. The Balaban J connectivity index is 3.06. The molecular formula is C11H12F3NO3S. The number of hydrogen-bond donors (Lipinski definition) is 1. The van der Waals surface area contributed by atoms with Crippen molar-refractivity contribution < 1.29 is 26.4 Å². The zero-order valence-corrected chi connectivity index (χ0v) is 11.0. The maximum atomic E-state index is 13.3. The van der Waals surface area contributed by atoms with Gasteiger partial charge in [-0.15, -0.1) is 0 Å². The van der Waals surface area contributed by atoms with Crippen molar-refractivity contribution in [3.8, 4) is 0 Å². The van der Waals surface area contributed by atoms with Crippen LogP contribution < -0.4 is 4.72 Å². The van der Waals surface area contributed by atoms with Gasteiger partial charge in [-0.25, -0.2) is 26.3 Å². The molecule has 0 fully saturated rings. The van der Waals surface area contributed by atoms with E-state index in [1.54, 1.807) is 11.6 Å². The normalized spacial score (nSPS) is 13.1. The van der Waals surface area contributed by atoms with Gasteiger partial charge in [-0.05, 0) is 19.4 Å². The van der Waals surface area contributed by atoms with Crippen LogP contribution in [0.25, 0.3) is 0 Å². The van der Waals surface area contributed by atoms with Crippen LogP contribution in [0, 0.1) is 17.5 Å². The van der Waals surface area contributed by atoms with Crippen LogP contribution in [0.1, 0.15) is 30.6 Å². The molecule has 0 spiro atoms. The van der Waals surface area contributed by atoms with Crippen molar-refractivity contribution >= 4 is 15.9 Å². The lowest BCUT2D eigenvalue weighted by Gasteiger charge is -2.12. The molecule has 106 valence electrons. The van der Waals surface area contributed by atoms with Gasteiger partial charge < -0.3 is 0 Å². The van der Waals surface area contributed by atoms with Gasteiger partial charge in [0.05, 0.1) is 10.8 Å². The second-order valence-electron chi connectivity index (χ2n) is 3.94. The number of sulfonamides is 1. The van der Waals surface area contributed by atoms with E-state index in [2.05, 4.69) is 0 Å². The van der Waals surface area contributed by atoms with Crippen LogP contribution in [0.5, 0.6) is 0 Å². The number of nitrogens with one attached hydrogen (secondary N) is 1. The molecule has 4 nitrogen and oxygen atoms in total. The van der Waals surface area contributed by atoms with Crippen molar-refractivity contribution in [3.63, 3.8) is 0 Å². The first-order valence-corrected chi connectivity index (χ1v) is 6.94. The van der Waals surface area contributed by atoms with Crippen LogP contribution >= 0.6 is 0 Å². The van der Waals surface area contributed by atoms with Gasteiger partial charge in [0.1, 0.15) is 5.82 Å². The standard InChI is InChI=1S/C11H12F3NO3S/c1-3-6(2)19(17,18)15-11(16)7-4-9(13)10(14)5-8(7)12/h4-6H,3H2,1-2H3,(H,15,16)/t6-/m1/s1. The topological polar surface area (TPSA) is 63.2 Å². The van der Waals surface area contributed by atoms with Gasteiger partial charge in [0, 0.05) is 6.07 Å². The van der Waals surface area contributed by atoms with E-state index in [1.165, 1.54) is 6.92 Å². The van der Waals surface area contributed by atoms with Crippen LogP contribution in [-0.2, 0) is 10.0 Å². The van der Waals surface area contributed by atoms with Crippen LogP contribution in [0.2, 0.25) is 0 Å². The smallest absolute Gasteiger partial charge is 0.267 e. The largest absolute Gasteiger partial charge is 0.268 e. The van der Waals surface area contributed by atoms with Crippen LogP contribution in [0.3, 0.4) is 0 Å². The van der Waals surface area contributed by atoms with Crippen molar-refractivity contribution in [1.29, 1.82) is 0 Å². The summed E-state index contributed by atoms with van der Waals surface area (Å²) in [6.07, 6.45) is 0.239. The molecule has 0 saturated carbocycles. The van der Waals surface area contributed by atoms with Gasteiger partial charge in [-0.1, -0.05) is 6.92 Å². The second-order valence-corrected chi connectivity index (χ2v) is 6.04. The summed E-state index contributed by atoms with van der Waals surface area (Å²) in [5.41, 5.74) is -0.870. The van der Waals surface area contributed by atoms with Crippen molar-refractivity contribution in [2.45, 2.75) is 25.5 Å². The summed E-state index contributed by atoms with van der Waals surface area (Å²) in [6.45, 7) is 2.95. The maximum absolute atomic E-state index is 13.3. The Hall–Kier alpha value is -1.57. The van der Waals surface area contributed by atoms with Gasteiger partial charge >= 0.3 is 0 Å². The first-order valence-electron chi connectivity index (χ1n) is 5.39. The van der Waals surface area contributed by atoms with Gasteiger partial charge in [-0.3, -0.25) is 4.79 Å². The van der Waals surface area contributed by atoms with E-state index in [9.17, 15) is 26.4 Å². The summed E-state index contributed by atoms with van der Waals surface area (Å²) in [5, 5.41) is -0.871. The molecule has 0 aliphatic heterocycles. The van der Waals surface area contributed by atoms with Crippen LogP contribution in [-0.4, -0.2) is 19.6 Å². The molecule has 1 aromatic rings. The van der Waals surface area contributed by atoms with E-state index in [0.29, 0.717) is 6.07 Å². The first kappa shape index (κ1) is 15.5. The molecule has 1 amide bonds. The van der Waals surface area contributed by atoms with Crippen LogP contribution in [0.4, 0.5) is 13.2 Å². The maximum Gasteiger partial charge on any atom is 0.267 e. The molecule has 0 radical (unpaired) electrons. The summed E-state index contributed by atoms with van der Waals surface area (Å²) in [6, 6.07) is 0.492. The SMILES string of the molecule is CC[C@@H](C)S(=O)(=O)NC(=O)c1cc(F)c(F)cc1F. The monoisotopic (exact) mass is 295 g/mol. The minimum absolute atomic E-state index is 0.181. The van der Waals surface area contributed by atoms with E-state index >= 15 is 0 Å². The Morgan fingerprint density at radius 2 is 1.74 bits per heavy atom. The predicted molar refractivity (Wildman–Crippen MR) is 62.5 cm³/mol. The fraction of sp³-hybridized carbons (Fsp3) is 0.364. The molecule has 0 heterocycles. The molecule has 1 aromatic carbocycles. The molecule has 0 aromatic heterocycles. The first-order chi connectivity index (χ1) is 8.69. The summed E-state index contributed by atoms with van der Waals surface area (Å²) < 4.78 is 63.6. The Kier molecular flexibility index (Phi) is 4.56. The van der Waals surface area contributed by atoms with E-state index in [-0.39, 0.29) is 12.5 Å². The molecular weight excluding hydrogens is 283 g/mol. The number of carbonyl (C=O) groups excluding carboxylic acids is 1. The fourth-order valence-electron chi connectivity index (χ4n) is 1.20. The minimum Gasteiger partial charge on any atom is -0.268 e. The van der Waals surface area contributed by atoms with Crippen molar-refractivity contribution in [3.05, 3.63) is 35.1 Å². The number of carbonyl (C=O) groups is 1. The molecule has 1 atom stereocenters. The molecule has 0 bridgehead atoms. The predicted octanol–water partition coefficient (Wildman–Crippen LogP) is 1.96. The van der Waals surface area contributed by atoms with Gasteiger partial charge in [0.2, 0.25) is 10.0 Å². The number of rotatable bonds is 4. The lowest BCUT2D eigenvalue weighted by molar-refractivity contribution is 0.0976. The van der Waals surface area contributed by atoms with E-state index in [4.69, 9.17) is 0 Å². The van der Waals surface area contributed by atoms with Crippen molar-refractivity contribution in [1.82, 2.24) is 4.72 Å². The third-order valence-electron chi connectivity index (χ3n) is 2.59. The Labute approximate surface area is 108 Å². The minimum atomic E-state index is -3.98. The summed E-state index contributed by atoms with van der Waals surface area (Å²) >= 11 is 0. The fourth-order valence-corrected chi connectivity index (χ4v) is 2.21. The summed E-state index contributed by atoms with van der Waals surface area (Å²) in [4.78, 5) is 11.5. The number of halogens is 3. The Morgan fingerprint density at radius 3 is 2.26 bits per heavy atom. The Morgan fingerprint density at radius 1 is 1.21 bits per heavy atom. The van der Waals surface area contributed by atoms with Crippen LogP contribution in [0.15, 0.2) is 12.1 Å². The summed E-state index contributed by atoms with van der Waals surface area (Å²) in [5.74, 6) is -5.57. The van der Waals surface area contributed by atoms with Gasteiger partial charge in [0.15, 0.2) is 11.6 Å². The Bertz CT molecular complexity index is 601. The number of hydrogen-bond acceptors (Lipinski definition) is 3. The van der Waals surface area contributed by atoms with E-state index < -0.39 is 44.2 Å². The van der Waals surface area contributed by atoms with E-state index in [0.717, 1.165) is 0 Å². The van der Waals surface area contributed by atoms with E-state index in [1.807, 2.05) is 0 Å². The molecule has 0 aliphatic rings.